The van der Waals surface area contributed by atoms with E-state index in [1.165, 1.54) is 11.0 Å². The van der Waals surface area contributed by atoms with Crippen LogP contribution in [0, 0.1) is 11.3 Å². The maximum absolute atomic E-state index is 12.4. The minimum atomic E-state index is -0.294. The number of nitrogen functional groups attached to an aromatic ring is 1. The minimum Gasteiger partial charge on any atom is -0.399 e. The maximum Gasteiger partial charge on any atom is 0.259 e. The van der Waals surface area contributed by atoms with Gasteiger partial charge in [0.1, 0.15) is 6.07 Å². The fourth-order valence-corrected chi connectivity index (χ4v) is 2.13. The van der Waals surface area contributed by atoms with Crippen LogP contribution >= 0.6 is 11.6 Å². The Hall–Kier alpha value is -2.51. The summed E-state index contributed by atoms with van der Waals surface area (Å²) >= 11 is 6.04. The van der Waals surface area contributed by atoms with Crippen molar-refractivity contribution in [3.63, 3.8) is 0 Å². The number of nitrogens with two attached hydrogens (primary N) is 1. The first kappa shape index (κ1) is 13.9. The van der Waals surface area contributed by atoms with Crippen molar-refractivity contribution in [2.45, 2.75) is 0 Å². The second-order valence-corrected chi connectivity index (χ2v) is 4.64. The zero-order valence-corrected chi connectivity index (χ0v) is 11.6. The van der Waals surface area contributed by atoms with Gasteiger partial charge in [0, 0.05) is 12.7 Å². The molecule has 0 radical (unpaired) electrons. The number of amides is 1. The van der Waals surface area contributed by atoms with E-state index in [2.05, 4.69) is 6.07 Å². The highest BCUT2D eigenvalue weighted by molar-refractivity contribution is 6.34. The van der Waals surface area contributed by atoms with Crippen LogP contribution in [0.15, 0.2) is 42.5 Å². The molecule has 2 rings (SSSR count). The van der Waals surface area contributed by atoms with E-state index in [-0.39, 0.29) is 10.9 Å². The number of hydrogen-bond donors (Lipinski definition) is 1. The quantitative estimate of drug-likeness (QED) is 0.862. The Morgan fingerprint density at radius 3 is 2.65 bits per heavy atom. The number of hydrogen-bond acceptors (Lipinski definition) is 3. The smallest absolute Gasteiger partial charge is 0.259 e. The molecular formula is C15H12ClN3O. The Bertz CT molecular complexity index is 707. The second kappa shape index (κ2) is 5.64. The van der Waals surface area contributed by atoms with Gasteiger partial charge in [0.25, 0.3) is 5.91 Å². The van der Waals surface area contributed by atoms with Crippen molar-refractivity contribution in [2.24, 2.45) is 0 Å². The Labute approximate surface area is 122 Å². The van der Waals surface area contributed by atoms with Crippen molar-refractivity contribution < 1.29 is 4.79 Å². The van der Waals surface area contributed by atoms with Gasteiger partial charge in [-0.2, -0.15) is 5.26 Å². The van der Waals surface area contributed by atoms with Gasteiger partial charge in [-0.25, -0.2) is 0 Å². The van der Waals surface area contributed by atoms with E-state index in [1.54, 1.807) is 43.4 Å². The van der Waals surface area contributed by atoms with E-state index in [0.29, 0.717) is 22.5 Å². The van der Waals surface area contributed by atoms with E-state index in [0.717, 1.165) is 0 Å². The number of nitrogens with zero attached hydrogens (tertiary/aromatic N) is 2. The van der Waals surface area contributed by atoms with Crippen LogP contribution in [0.25, 0.3) is 0 Å². The Kier molecular flexibility index (Phi) is 3.92. The van der Waals surface area contributed by atoms with Crippen LogP contribution in [0.4, 0.5) is 11.4 Å². The molecule has 0 aliphatic rings. The van der Waals surface area contributed by atoms with Gasteiger partial charge in [0.15, 0.2) is 0 Å². The van der Waals surface area contributed by atoms with Gasteiger partial charge in [-0.05, 0) is 30.3 Å². The van der Waals surface area contributed by atoms with Crippen LogP contribution in [0.5, 0.6) is 0 Å². The van der Waals surface area contributed by atoms with Crippen LogP contribution in [0.3, 0.4) is 0 Å². The fraction of sp³-hybridized carbons (Fsp3) is 0.0667. The second-order valence-electron chi connectivity index (χ2n) is 4.23. The molecule has 0 aromatic heterocycles. The lowest BCUT2D eigenvalue weighted by molar-refractivity contribution is 0.0993. The number of halogens is 1. The molecule has 0 atom stereocenters. The van der Waals surface area contributed by atoms with Crippen molar-refractivity contribution in [2.75, 3.05) is 17.7 Å². The van der Waals surface area contributed by atoms with Crippen molar-refractivity contribution in [3.8, 4) is 6.07 Å². The van der Waals surface area contributed by atoms with E-state index < -0.39 is 0 Å². The molecule has 20 heavy (non-hydrogen) atoms. The van der Waals surface area contributed by atoms with Gasteiger partial charge in [-0.15, -0.1) is 0 Å². The summed E-state index contributed by atoms with van der Waals surface area (Å²) < 4.78 is 0. The summed E-state index contributed by atoms with van der Waals surface area (Å²) in [5.41, 5.74) is 7.40. The van der Waals surface area contributed by atoms with Gasteiger partial charge in [-0.1, -0.05) is 23.7 Å². The maximum atomic E-state index is 12.4. The van der Waals surface area contributed by atoms with Gasteiger partial charge >= 0.3 is 0 Å². The summed E-state index contributed by atoms with van der Waals surface area (Å²) in [7, 11) is 1.60. The third kappa shape index (κ3) is 2.58. The summed E-state index contributed by atoms with van der Waals surface area (Å²) in [6, 6.07) is 13.7. The molecule has 0 heterocycles. The van der Waals surface area contributed by atoms with Crippen LogP contribution in [0.1, 0.15) is 15.9 Å². The number of rotatable bonds is 2. The van der Waals surface area contributed by atoms with E-state index in [9.17, 15) is 4.79 Å². The number of carbonyl (C=O) groups is 1. The molecule has 0 saturated heterocycles. The summed E-state index contributed by atoms with van der Waals surface area (Å²) in [6.07, 6.45) is 0. The van der Waals surface area contributed by atoms with Gasteiger partial charge < -0.3 is 10.6 Å². The molecule has 0 aliphatic carbocycles. The van der Waals surface area contributed by atoms with Crippen molar-refractivity contribution in [1.29, 1.82) is 5.26 Å². The number of nitriles is 1. The predicted molar refractivity (Wildman–Crippen MR) is 79.8 cm³/mol. The molecule has 100 valence electrons. The summed E-state index contributed by atoms with van der Waals surface area (Å²) in [5.74, 6) is -0.294. The molecule has 0 bridgehead atoms. The molecule has 2 aromatic rings. The monoisotopic (exact) mass is 285 g/mol. The number of para-hydroxylation sites is 1. The first-order chi connectivity index (χ1) is 9.54. The van der Waals surface area contributed by atoms with Crippen LogP contribution in [-0.2, 0) is 0 Å². The topological polar surface area (TPSA) is 70.1 Å². The summed E-state index contributed by atoms with van der Waals surface area (Å²) in [4.78, 5) is 13.8. The average molecular weight is 286 g/mol. The lowest BCUT2D eigenvalue weighted by atomic mass is 10.1. The molecule has 0 spiro atoms. The standard InChI is InChI=1S/C15H12ClN3O/c1-19(14-5-3-2-4-10(14)9-17)15(20)12-7-6-11(18)8-13(12)16/h2-8H,18H2,1H3. The van der Waals surface area contributed by atoms with Crippen molar-refractivity contribution in [1.82, 2.24) is 0 Å². The Balaban J connectivity index is 2.41. The number of benzene rings is 2. The molecule has 0 fully saturated rings. The SMILES string of the molecule is CN(C(=O)c1ccc(N)cc1Cl)c1ccccc1C#N. The predicted octanol–water partition coefficient (Wildman–Crippen LogP) is 3.07. The zero-order valence-electron chi connectivity index (χ0n) is 10.8. The van der Waals surface area contributed by atoms with Gasteiger partial charge in [0.2, 0.25) is 0 Å². The van der Waals surface area contributed by atoms with E-state index in [4.69, 9.17) is 22.6 Å². The van der Waals surface area contributed by atoms with Crippen molar-refractivity contribution in [3.05, 3.63) is 58.6 Å². The molecule has 2 aromatic carbocycles. The largest absolute Gasteiger partial charge is 0.399 e. The Morgan fingerprint density at radius 1 is 1.30 bits per heavy atom. The minimum absolute atomic E-state index is 0.288. The summed E-state index contributed by atoms with van der Waals surface area (Å²) in [5, 5.41) is 9.37. The first-order valence-corrected chi connectivity index (χ1v) is 6.24. The highest BCUT2D eigenvalue weighted by Gasteiger charge is 2.18. The lowest BCUT2D eigenvalue weighted by Gasteiger charge is -2.19. The normalized spacial score (nSPS) is 9.85. The van der Waals surface area contributed by atoms with Gasteiger partial charge in [0.05, 0.1) is 21.8 Å². The molecule has 2 N–H and O–H groups in total. The van der Waals surface area contributed by atoms with Crippen molar-refractivity contribution >= 4 is 28.9 Å². The van der Waals surface area contributed by atoms with Crippen LogP contribution < -0.4 is 10.6 Å². The van der Waals surface area contributed by atoms with E-state index in [1.807, 2.05) is 0 Å². The van der Waals surface area contributed by atoms with Crippen LogP contribution in [0.2, 0.25) is 5.02 Å². The Morgan fingerprint density at radius 2 is 2.00 bits per heavy atom. The molecule has 0 saturated carbocycles. The lowest BCUT2D eigenvalue weighted by Crippen LogP contribution is -2.27. The molecule has 0 aliphatic heterocycles. The average Bonchev–Trinajstić information content (AvgIpc) is 2.45. The number of anilines is 2. The molecule has 1 amide bonds. The number of carbonyl (C=O) groups excluding carboxylic acids is 1. The van der Waals surface area contributed by atoms with Gasteiger partial charge in [-0.3, -0.25) is 4.79 Å². The summed E-state index contributed by atoms with van der Waals surface area (Å²) in [6.45, 7) is 0. The van der Waals surface area contributed by atoms with Crippen LogP contribution in [-0.4, -0.2) is 13.0 Å². The highest BCUT2D eigenvalue weighted by atomic mass is 35.5. The third-order valence-corrected chi connectivity index (χ3v) is 3.23. The highest BCUT2D eigenvalue weighted by Crippen LogP contribution is 2.24. The fourth-order valence-electron chi connectivity index (χ4n) is 1.86. The molecule has 4 nitrogen and oxygen atoms in total. The first-order valence-electron chi connectivity index (χ1n) is 5.87. The molecule has 0 unspecified atom stereocenters. The molecule has 5 heteroatoms. The van der Waals surface area contributed by atoms with E-state index >= 15 is 0 Å². The molecular weight excluding hydrogens is 274 g/mol. The zero-order chi connectivity index (χ0) is 14.7. The third-order valence-electron chi connectivity index (χ3n) is 2.91.